The summed E-state index contributed by atoms with van der Waals surface area (Å²) < 4.78 is 6.77. The van der Waals surface area contributed by atoms with Gasteiger partial charge in [0.1, 0.15) is 6.04 Å². The standard InChI is InChI=1S/C12H18N4O3/c1-19-5-4-13-6-9-7-14-8-16(9)10-2-3-11(17)15-12(10)18/h7-8,10,13H,2-6H2,1H3,(H,15,17,18). The molecule has 1 atom stereocenters. The second-order valence-corrected chi connectivity index (χ2v) is 4.43. The van der Waals surface area contributed by atoms with Crippen molar-refractivity contribution in [3.05, 3.63) is 18.2 Å². The molecule has 0 bridgehead atoms. The number of hydrogen-bond acceptors (Lipinski definition) is 5. The number of imidazole rings is 1. The Kier molecular flexibility index (Phi) is 4.64. The Balaban J connectivity index is 1.98. The minimum Gasteiger partial charge on any atom is -0.383 e. The van der Waals surface area contributed by atoms with Gasteiger partial charge in [-0.05, 0) is 6.42 Å². The van der Waals surface area contributed by atoms with Crippen LogP contribution in [0.3, 0.4) is 0 Å². The Morgan fingerprint density at radius 1 is 1.58 bits per heavy atom. The molecule has 2 rings (SSSR count). The van der Waals surface area contributed by atoms with E-state index in [9.17, 15) is 9.59 Å². The van der Waals surface area contributed by atoms with Crippen molar-refractivity contribution >= 4 is 11.8 Å². The fourth-order valence-corrected chi connectivity index (χ4v) is 2.09. The zero-order valence-electron chi connectivity index (χ0n) is 10.9. The number of nitrogens with zero attached hydrogens (tertiary/aromatic N) is 2. The van der Waals surface area contributed by atoms with E-state index in [-0.39, 0.29) is 17.9 Å². The van der Waals surface area contributed by atoms with E-state index >= 15 is 0 Å². The molecule has 0 radical (unpaired) electrons. The van der Waals surface area contributed by atoms with Crippen LogP contribution in [0.15, 0.2) is 12.5 Å². The van der Waals surface area contributed by atoms with E-state index in [4.69, 9.17) is 4.74 Å². The Morgan fingerprint density at radius 2 is 2.42 bits per heavy atom. The van der Waals surface area contributed by atoms with Crippen molar-refractivity contribution in [1.29, 1.82) is 0 Å². The highest BCUT2D eigenvalue weighted by Crippen LogP contribution is 2.20. The normalized spacial score (nSPS) is 19.5. The molecule has 0 spiro atoms. The van der Waals surface area contributed by atoms with Crippen LogP contribution in [0.2, 0.25) is 0 Å². The maximum absolute atomic E-state index is 11.8. The van der Waals surface area contributed by atoms with Crippen LogP contribution < -0.4 is 10.6 Å². The fourth-order valence-electron chi connectivity index (χ4n) is 2.09. The Morgan fingerprint density at radius 3 is 3.16 bits per heavy atom. The summed E-state index contributed by atoms with van der Waals surface area (Å²) in [7, 11) is 1.65. The summed E-state index contributed by atoms with van der Waals surface area (Å²) in [5.41, 5.74) is 0.922. The van der Waals surface area contributed by atoms with Crippen LogP contribution in [0, 0.1) is 0 Å². The van der Waals surface area contributed by atoms with Crippen LogP contribution in [0.5, 0.6) is 0 Å². The zero-order chi connectivity index (χ0) is 13.7. The number of aromatic nitrogens is 2. The van der Waals surface area contributed by atoms with Crippen molar-refractivity contribution in [2.45, 2.75) is 25.4 Å². The highest BCUT2D eigenvalue weighted by molar-refractivity contribution is 5.99. The van der Waals surface area contributed by atoms with Crippen LogP contribution in [0.1, 0.15) is 24.6 Å². The van der Waals surface area contributed by atoms with Crippen LogP contribution in [0.4, 0.5) is 0 Å². The van der Waals surface area contributed by atoms with E-state index in [1.54, 1.807) is 19.6 Å². The third-order valence-electron chi connectivity index (χ3n) is 3.08. The van der Waals surface area contributed by atoms with Gasteiger partial charge in [0.25, 0.3) is 0 Å². The van der Waals surface area contributed by atoms with E-state index in [1.165, 1.54) is 0 Å². The van der Waals surface area contributed by atoms with Gasteiger partial charge < -0.3 is 14.6 Å². The number of ether oxygens (including phenoxy) is 1. The first-order valence-electron chi connectivity index (χ1n) is 6.26. The number of amides is 2. The molecule has 2 heterocycles. The minimum absolute atomic E-state index is 0.207. The lowest BCUT2D eigenvalue weighted by Gasteiger charge is -2.23. The molecule has 2 N–H and O–H groups in total. The molecule has 1 saturated heterocycles. The van der Waals surface area contributed by atoms with Crippen molar-refractivity contribution in [1.82, 2.24) is 20.2 Å². The molecule has 7 heteroatoms. The number of piperidine rings is 1. The van der Waals surface area contributed by atoms with Crippen molar-refractivity contribution in [2.24, 2.45) is 0 Å². The summed E-state index contributed by atoms with van der Waals surface area (Å²) in [5.74, 6) is -0.464. The lowest BCUT2D eigenvalue weighted by Crippen LogP contribution is -2.42. The molecule has 1 unspecified atom stereocenters. The van der Waals surface area contributed by atoms with Crippen LogP contribution >= 0.6 is 0 Å². The molecular weight excluding hydrogens is 248 g/mol. The van der Waals surface area contributed by atoms with E-state index in [0.717, 1.165) is 12.2 Å². The van der Waals surface area contributed by atoms with Gasteiger partial charge in [-0.1, -0.05) is 0 Å². The molecule has 2 amide bonds. The molecule has 1 fully saturated rings. The Labute approximate surface area is 111 Å². The Bertz CT molecular complexity index is 458. The number of hydrogen-bond donors (Lipinski definition) is 2. The van der Waals surface area contributed by atoms with Gasteiger partial charge in [-0.15, -0.1) is 0 Å². The maximum atomic E-state index is 11.8. The smallest absolute Gasteiger partial charge is 0.249 e. The number of methoxy groups -OCH3 is 1. The van der Waals surface area contributed by atoms with Crippen molar-refractivity contribution in [3.63, 3.8) is 0 Å². The number of imide groups is 1. The van der Waals surface area contributed by atoms with Crippen molar-refractivity contribution < 1.29 is 14.3 Å². The number of carbonyl (C=O) groups excluding carboxylic acids is 2. The van der Waals surface area contributed by atoms with Gasteiger partial charge in [-0.2, -0.15) is 0 Å². The quantitative estimate of drug-likeness (QED) is 0.540. The summed E-state index contributed by atoms with van der Waals surface area (Å²) in [6.07, 6.45) is 4.24. The molecule has 1 aromatic heterocycles. The molecule has 0 saturated carbocycles. The SMILES string of the molecule is COCCNCc1cncn1C1CCC(=O)NC1=O. The number of rotatable bonds is 6. The summed E-state index contributed by atoms with van der Waals surface area (Å²) in [6, 6.07) is -0.348. The molecule has 0 aromatic carbocycles. The molecule has 1 aliphatic rings. The number of carbonyl (C=O) groups is 2. The molecule has 7 nitrogen and oxygen atoms in total. The van der Waals surface area contributed by atoms with E-state index in [1.807, 2.05) is 4.57 Å². The first kappa shape index (κ1) is 13.7. The average Bonchev–Trinajstić information content (AvgIpc) is 2.83. The molecular formula is C12H18N4O3. The largest absolute Gasteiger partial charge is 0.383 e. The second-order valence-electron chi connectivity index (χ2n) is 4.43. The molecule has 1 aliphatic heterocycles. The predicted molar refractivity (Wildman–Crippen MR) is 67.2 cm³/mol. The topological polar surface area (TPSA) is 85.2 Å². The lowest BCUT2D eigenvalue weighted by atomic mass is 10.1. The van der Waals surface area contributed by atoms with Gasteiger partial charge in [-0.25, -0.2) is 4.98 Å². The van der Waals surface area contributed by atoms with Crippen LogP contribution in [-0.2, 0) is 20.9 Å². The van der Waals surface area contributed by atoms with E-state index < -0.39 is 0 Å². The monoisotopic (exact) mass is 266 g/mol. The van der Waals surface area contributed by atoms with Crippen molar-refractivity contribution in [2.75, 3.05) is 20.3 Å². The highest BCUT2D eigenvalue weighted by atomic mass is 16.5. The maximum Gasteiger partial charge on any atom is 0.249 e. The first-order chi connectivity index (χ1) is 9.22. The van der Waals surface area contributed by atoms with E-state index in [2.05, 4.69) is 15.6 Å². The third kappa shape index (κ3) is 3.39. The molecule has 1 aromatic rings. The average molecular weight is 266 g/mol. The Hall–Kier alpha value is -1.73. The van der Waals surface area contributed by atoms with Gasteiger partial charge in [0.2, 0.25) is 11.8 Å². The van der Waals surface area contributed by atoms with Crippen LogP contribution in [0.25, 0.3) is 0 Å². The van der Waals surface area contributed by atoms with Crippen LogP contribution in [-0.4, -0.2) is 41.6 Å². The second kappa shape index (κ2) is 6.44. The molecule has 0 aliphatic carbocycles. The molecule has 104 valence electrons. The summed E-state index contributed by atoms with van der Waals surface area (Å²) in [4.78, 5) is 27.0. The van der Waals surface area contributed by atoms with Gasteiger partial charge in [0.05, 0.1) is 18.6 Å². The number of nitrogens with one attached hydrogen (secondary N) is 2. The fraction of sp³-hybridized carbons (Fsp3) is 0.583. The predicted octanol–water partition coefficient (Wildman–Crippen LogP) is -0.403. The van der Waals surface area contributed by atoms with Crippen molar-refractivity contribution in [3.8, 4) is 0 Å². The third-order valence-corrected chi connectivity index (χ3v) is 3.08. The summed E-state index contributed by atoms with van der Waals surface area (Å²) >= 11 is 0. The van der Waals surface area contributed by atoms with Gasteiger partial charge in [0.15, 0.2) is 0 Å². The van der Waals surface area contributed by atoms with Gasteiger partial charge >= 0.3 is 0 Å². The highest BCUT2D eigenvalue weighted by Gasteiger charge is 2.28. The summed E-state index contributed by atoms with van der Waals surface area (Å²) in [5, 5.41) is 5.56. The lowest BCUT2D eigenvalue weighted by molar-refractivity contribution is -0.135. The molecule has 19 heavy (non-hydrogen) atoms. The summed E-state index contributed by atoms with van der Waals surface area (Å²) in [6.45, 7) is 1.98. The van der Waals surface area contributed by atoms with Gasteiger partial charge in [-0.3, -0.25) is 14.9 Å². The van der Waals surface area contributed by atoms with E-state index in [0.29, 0.717) is 26.0 Å². The van der Waals surface area contributed by atoms with Gasteiger partial charge in [0, 0.05) is 32.8 Å². The first-order valence-corrected chi connectivity index (χ1v) is 6.26. The zero-order valence-corrected chi connectivity index (χ0v) is 10.9. The minimum atomic E-state index is -0.348.